The normalized spacial score (nSPS) is 11.9. The Kier molecular flexibility index (Phi) is 8.11. The number of aromatic hydroxyl groups is 1. The number of benzene rings is 1. The number of hydrogen-bond donors (Lipinski definition) is 2. The quantitative estimate of drug-likeness (QED) is 0.642. The Bertz CT molecular complexity index is 500. The van der Waals surface area contributed by atoms with Gasteiger partial charge in [0.2, 0.25) is 5.91 Å². The number of hydrogen-bond acceptors (Lipinski definition) is 4. The highest BCUT2D eigenvalue weighted by Crippen LogP contribution is 2.12. The van der Waals surface area contributed by atoms with Crippen molar-refractivity contribution >= 4 is 11.9 Å². The van der Waals surface area contributed by atoms with Gasteiger partial charge in [-0.05, 0) is 31.0 Å². The number of carboxylic acid groups (broad SMARTS) is 1. The van der Waals surface area contributed by atoms with E-state index in [-0.39, 0.29) is 24.6 Å². The summed E-state index contributed by atoms with van der Waals surface area (Å²) in [4.78, 5) is 25.1. The highest BCUT2D eigenvalue weighted by molar-refractivity contribution is 5.79. The number of ether oxygens (including phenoxy) is 1. The summed E-state index contributed by atoms with van der Waals surface area (Å²) in [6, 6.07) is 6.43. The summed E-state index contributed by atoms with van der Waals surface area (Å²) in [7, 11) is 0. The summed E-state index contributed by atoms with van der Waals surface area (Å²) in [5.74, 6) is -1.52. The molecule has 1 aromatic rings. The minimum absolute atomic E-state index is 0.125. The van der Waals surface area contributed by atoms with E-state index in [9.17, 15) is 14.7 Å². The van der Waals surface area contributed by atoms with Crippen molar-refractivity contribution in [2.75, 3.05) is 26.3 Å². The molecular formula is C17H25NO5. The van der Waals surface area contributed by atoms with E-state index < -0.39 is 11.9 Å². The van der Waals surface area contributed by atoms with Crippen LogP contribution in [0.25, 0.3) is 0 Å². The summed E-state index contributed by atoms with van der Waals surface area (Å²) in [5, 5.41) is 18.3. The lowest BCUT2D eigenvalue weighted by Gasteiger charge is -2.24. The Morgan fingerprint density at radius 1 is 1.26 bits per heavy atom. The first-order chi connectivity index (χ1) is 10.9. The molecule has 1 atom stereocenters. The van der Waals surface area contributed by atoms with Gasteiger partial charge < -0.3 is 19.8 Å². The minimum atomic E-state index is -0.919. The lowest BCUT2D eigenvalue weighted by atomic mass is 10.1. The van der Waals surface area contributed by atoms with Crippen LogP contribution < -0.4 is 0 Å². The Morgan fingerprint density at radius 2 is 1.91 bits per heavy atom. The van der Waals surface area contributed by atoms with Crippen molar-refractivity contribution in [2.45, 2.75) is 26.7 Å². The van der Waals surface area contributed by atoms with Crippen molar-refractivity contribution in [3.63, 3.8) is 0 Å². The zero-order chi connectivity index (χ0) is 17.2. The Morgan fingerprint density at radius 3 is 2.48 bits per heavy atom. The molecule has 0 aliphatic rings. The molecule has 6 nitrogen and oxygen atoms in total. The van der Waals surface area contributed by atoms with E-state index in [1.807, 2.05) is 6.92 Å². The van der Waals surface area contributed by atoms with Crippen LogP contribution in [0.5, 0.6) is 5.75 Å². The second-order valence-corrected chi connectivity index (χ2v) is 5.47. The molecule has 2 N–H and O–H groups in total. The van der Waals surface area contributed by atoms with Crippen LogP contribution in [0.4, 0.5) is 0 Å². The van der Waals surface area contributed by atoms with Gasteiger partial charge in [0, 0.05) is 26.3 Å². The van der Waals surface area contributed by atoms with Crippen LogP contribution >= 0.6 is 0 Å². The molecule has 0 aliphatic heterocycles. The van der Waals surface area contributed by atoms with Crippen molar-refractivity contribution in [1.82, 2.24) is 4.90 Å². The summed E-state index contributed by atoms with van der Waals surface area (Å²) in [6.07, 6.45) is 0.850. The molecule has 1 amide bonds. The van der Waals surface area contributed by atoms with Gasteiger partial charge in [0.1, 0.15) is 5.75 Å². The average Bonchev–Trinajstić information content (AvgIpc) is 2.52. The third-order valence-electron chi connectivity index (χ3n) is 3.48. The van der Waals surface area contributed by atoms with Gasteiger partial charge in [-0.3, -0.25) is 9.59 Å². The van der Waals surface area contributed by atoms with Crippen LogP contribution in [0.3, 0.4) is 0 Å². The number of carbonyl (C=O) groups is 2. The molecule has 0 heterocycles. The summed E-state index contributed by atoms with van der Waals surface area (Å²) in [6.45, 7) is 5.30. The number of phenolic OH excluding ortho intramolecular Hbond substituents is 1. The van der Waals surface area contributed by atoms with Gasteiger partial charge >= 0.3 is 5.97 Å². The predicted molar refractivity (Wildman–Crippen MR) is 86.3 cm³/mol. The Hall–Kier alpha value is -2.08. The number of aliphatic carboxylic acids is 1. The molecule has 1 unspecified atom stereocenters. The monoisotopic (exact) mass is 323 g/mol. The van der Waals surface area contributed by atoms with Crippen molar-refractivity contribution in [2.24, 2.45) is 5.92 Å². The van der Waals surface area contributed by atoms with Crippen molar-refractivity contribution in [1.29, 1.82) is 0 Å². The molecule has 0 bridgehead atoms. The SMILES string of the molecule is CCOCCCN(CC(C)C(=O)O)C(=O)Cc1ccc(O)cc1. The van der Waals surface area contributed by atoms with Crippen LogP contribution in [0.15, 0.2) is 24.3 Å². The number of rotatable bonds is 10. The standard InChI is InChI=1S/C17H25NO5/c1-3-23-10-4-9-18(12-13(2)17(21)22)16(20)11-14-5-7-15(19)8-6-14/h5-8,13,19H,3-4,9-12H2,1-2H3,(H,21,22). The zero-order valence-corrected chi connectivity index (χ0v) is 13.7. The first-order valence-electron chi connectivity index (χ1n) is 7.80. The Balaban J connectivity index is 2.65. The van der Waals surface area contributed by atoms with Crippen molar-refractivity contribution in [3.8, 4) is 5.75 Å². The lowest BCUT2D eigenvalue weighted by Crippen LogP contribution is -2.38. The summed E-state index contributed by atoms with van der Waals surface area (Å²) >= 11 is 0. The molecule has 0 fully saturated rings. The summed E-state index contributed by atoms with van der Waals surface area (Å²) in [5.41, 5.74) is 0.783. The van der Waals surface area contributed by atoms with Gasteiger partial charge in [0.15, 0.2) is 0 Å². The van der Waals surface area contributed by atoms with Crippen molar-refractivity contribution < 1.29 is 24.5 Å². The van der Waals surface area contributed by atoms with E-state index in [1.54, 1.807) is 24.0 Å². The fourth-order valence-corrected chi connectivity index (χ4v) is 2.13. The second-order valence-electron chi connectivity index (χ2n) is 5.47. The van der Waals surface area contributed by atoms with Crippen LogP contribution in [0.2, 0.25) is 0 Å². The van der Waals surface area contributed by atoms with Gasteiger partial charge in [-0.2, -0.15) is 0 Å². The number of carboxylic acids is 1. The lowest BCUT2D eigenvalue weighted by molar-refractivity contribution is -0.143. The van der Waals surface area contributed by atoms with E-state index in [0.717, 1.165) is 5.56 Å². The van der Waals surface area contributed by atoms with Gasteiger partial charge in [0.25, 0.3) is 0 Å². The van der Waals surface area contributed by atoms with Crippen LogP contribution in [-0.4, -0.2) is 53.3 Å². The van der Waals surface area contributed by atoms with E-state index in [4.69, 9.17) is 9.84 Å². The number of nitrogens with zero attached hydrogens (tertiary/aromatic N) is 1. The molecule has 0 aliphatic carbocycles. The highest BCUT2D eigenvalue weighted by atomic mass is 16.5. The third-order valence-corrected chi connectivity index (χ3v) is 3.48. The van der Waals surface area contributed by atoms with Gasteiger partial charge in [-0.25, -0.2) is 0 Å². The summed E-state index contributed by atoms with van der Waals surface area (Å²) < 4.78 is 5.27. The molecule has 23 heavy (non-hydrogen) atoms. The van der Waals surface area contributed by atoms with Crippen LogP contribution in [0.1, 0.15) is 25.8 Å². The maximum atomic E-state index is 12.4. The molecule has 0 saturated heterocycles. The fourth-order valence-electron chi connectivity index (χ4n) is 2.13. The van der Waals surface area contributed by atoms with Gasteiger partial charge in [-0.15, -0.1) is 0 Å². The van der Waals surface area contributed by atoms with E-state index >= 15 is 0 Å². The maximum absolute atomic E-state index is 12.4. The predicted octanol–water partition coefficient (Wildman–Crippen LogP) is 1.91. The fraction of sp³-hybridized carbons (Fsp3) is 0.529. The molecule has 1 rings (SSSR count). The largest absolute Gasteiger partial charge is 0.508 e. The first-order valence-corrected chi connectivity index (χ1v) is 7.80. The van der Waals surface area contributed by atoms with Gasteiger partial charge in [0.05, 0.1) is 12.3 Å². The Labute approximate surface area is 136 Å². The molecule has 6 heteroatoms. The van der Waals surface area contributed by atoms with E-state index in [0.29, 0.717) is 26.2 Å². The minimum Gasteiger partial charge on any atom is -0.508 e. The maximum Gasteiger partial charge on any atom is 0.308 e. The smallest absolute Gasteiger partial charge is 0.308 e. The van der Waals surface area contributed by atoms with Crippen molar-refractivity contribution in [3.05, 3.63) is 29.8 Å². The van der Waals surface area contributed by atoms with Crippen LogP contribution in [-0.2, 0) is 20.7 Å². The average molecular weight is 323 g/mol. The molecule has 0 radical (unpaired) electrons. The molecule has 128 valence electrons. The molecular weight excluding hydrogens is 298 g/mol. The number of amides is 1. The number of phenols is 1. The van der Waals surface area contributed by atoms with Gasteiger partial charge in [-0.1, -0.05) is 19.1 Å². The molecule has 0 spiro atoms. The molecule has 1 aromatic carbocycles. The highest BCUT2D eigenvalue weighted by Gasteiger charge is 2.20. The second kappa shape index (κ2) is 9.84. The first kappa shape index (κ1) is 19.0. The third kappa shape index (κ3) is 7.15. The van der Waals surface area contributed by atoms with Crippen LogP contribution in [0, 0.1) is 5.92 Å². The molecule has 0 aromatic heterocycles. The molecule has 0 saturated carbocycles. The number of carbonyl (C=O) groups excluding carboxylic acids is 1. The van der Waals surface area contributed by atoms with E-state index in [2.05, 4.69) is 0 Å². The topological polar surface area (TPSA) is 87.1 Å². The zero-order valence-electron chi connectivity index (χ0n) is 13.7. The van der Waals surface area contributed by atoms with E-state index in [1.165, 1.54) is 12.1 Å².